The van der Waals surface area contributed by atoms with Gasteiger partial charge < -0.3 is 10.2 Å². The first-order valence-corrected chi connectivity index (χ1v) is 9.35. The molecular formula is C17H25N3OS. The smallest absolute Gasteiger partial charge is 0.223 e. The molecule has 2 saturated heterocycles. The lowest BCUT2D eigenvalue weighted by Gasteiger charge is -2.36. The summed E-state index contributed by atoms with van der Waals surface area (Å²) in [5.41, 5.74) is 1.38. The summed E-state index contributed by atoms with van der Waals surface area (Å²) in [7, 11) is 0. The van der Waals surface area contributed by atoms with Crippen LogP contribution in [0.25, 0.3) is 0 Å². The van der Waals surface area contributed by atoms with E-state index in [1.54, 1.807) is 0 Å². The summed E-state index contributed by atoms with van der Waals surface area (Å²) in [5.74, 6) is 2.61. The van der Waals surface area contributed by atoms with Crippen molar-refractivity contribution in [3.63, 3.8) is 0 Å². The summed E-state index contributed by atoms with van der Waals surface area (Å²) < 4.78 is 0. The van der Waals surface area contributed by atoms with E-state index in [0.717, 1.165) is 45.0 Å². The third-order valence-electron chi connectivity index (χ3n) is 4.51. The number of hydrogen-bond donors (Lipinski definition) is 1. The van der Waals surface area contributed by atoms with Crippen LogP contribution < -0.4 is 5.32 Å². The minimum atomic E-state index is 0.312. The normalized spacial score (nSPS) is 23.5. The van der Waals surface area contributed by atoms with E-state index in [9.17, 15) is 4.79 Å². The highest BCUT2D eigenvalue weighted by molar-refractivity contribution is 7.99. The Bertz CT molecular complexity index is 476. The minimum Gasteiger partial charge on any atom is -0.340 e. The molecule has 0 radical (unpaired) electrons. The molecule has 2 heterocycles. The fourth-order valence-corrected chi connectivity index (χ4v) is 4.36. The monoisotopic (exact) mass is 319 g/mol. The van der Waals surface area contributed by atoms with Gasteiger partial charge in [0.2, 0.25) is 5.91 Å². The maximum Gasteiger partial charge on any atom is 0.223 e. The SMILES string of the molecule is O=C(CCN1CCSCC1c1ccccc1)N1CCNCC1. The van der Waals surface area contributed by atoms with E-state index in [0.29, 0.717) is 18.4 Å². The highest BCUT2D eigenvalue weighted by atomic mass is 32.2. The van der Waals surface area contributed by atoms with Gasteiger partial charge in [-0.2, -0.15) is 11.8 Å². The van der Waals surface area contributed by atoms with Crippen LogP contribution in [0, 0.1) is 0 Å². The van der Waals surface area contributed by atoms with Gasteiger partial charge in [-0.15, -0.1) is 0 Å². The number of thioether (sulfide) groups is 1. The van der Waals surface area contributed by atoms with Crippen LogP contribution in [0.3, 0.4) is 0 Å². The van der Waals surface area contributed by atoms with Crippen molar-refractivity contribution in [2.45, 2.75) is 12.5 Å². The Hall–Kier alpha value is -1.04. The van der Waals surface area contributed by atoms with Crippen molar-refractivity contribution in [2.75, 3.05) is 50.8 Å². The molecule has 1 atom stereocenters. The lowest BCUT2D eigenvalue weighted by molar-refractivity contribution is -0.132. The quantitative estimate of drug-likeness (QED) is 0.914. The van der Waals surface area contributed by atoms with Crippen molar-refractivity contribution in [3.8, 4) is 0 Å². The third kappa shape index (κ3) is 4.03. The fourth-order valence-electron chi connectivity index (χ4n) is 3.20. The minimum absolute atomic E-state index is 0.312. The highest BCUT2D eigenvalue weighted by Gasteiger charge is 2.25. The summed E-state index contributed by atoms with van der Waals surface area (Å²) >= 11 is 2.02. The number of piperazine rings is 1. The number of nitrogens with one attached hydrogen (secondary N) is 1. The van der Waals surface area contributed by atoms with E-state index in [2.05, 4.69) is 40.5 Å². The summed E-state index contributed by atoms with van der Waals surface area (Å²) in [6.07, 6.45) is 0.647. The van der Waals surface area contributed by atoms with Gasteiger partial charge in [-0.1, -0.05) is 30.3 Å². The Kier molecular flexibility index (Phi) is 5.76. The van der Waals surface area contributed by atoms with Crippen molar-refractivity contribution in [3.05, 3.63) is 35.9 Å². The highest BCUT2D eigenvalue weighted by Crippen LogP contribution is 2.29. The van der Waals surface area contributed by atoms with Gasteiger partial charge in [0.05, 0.1) is 0 Å². The van der Waals surface area contributed by atoms with Gasteiger partial charge in [0.25, 0.3) is 0 Å². The second-order valence-corrected chi connectivity index (χ2v) is 7.07. The molecule has 22 heavy (non-hydrogen) atoms. The van der Waals surface area contributed by atoms with E-state index < -0.39 is 0 Å². The molecule has 0 spiro atoms. The molecule has 0 aromatic heterocycles. The van der Waals surface area contributed by atoms with Crippen molar-refractivity contribution >= 4 is 17.7 Å². The van der Waals surface area contributed by atoms with Gasteiger partial charge >= 0.3 is 0 Å². The van der Waals surface area contributed by atoms with Gasteiger partial charge in [-0.25, -0.2) is 0 Å². The first-order valence-electron chi connectivity index (χ1n) is 8.20. The molecule has 3 rings (SSSR count). The standard InChI is InChI=1S/C17H25N3OS/c21-17(20-10-7-18-8-11-20)6-9-19-12-13-22-14-16(19)15-4-2-1-3-5-15/h1-5,16,18H,6-14H2. The Morgan fingerprint density at radius 2 is 1.95 bits per heavy atom. The molecule has 1 aromatic carbocycles. The second-order valence-electron chi connectivity index (χ2n) is 5.92. The van der Waals surface area contributed by atoms with Gasteiger partial charge in [-0.05, 0) is 5.56 Å². The number of benzene rings is 1. The third-order valence-corrected chi connectivity index (χ3v) is 5.53. The lowest BCUT2D eigenvalue weighted by Crippen LogP contribution is -2.47. The van der Waals surface area contributed by atoms with Gasteiger partial charge in [0.1, 0.15) is 0 Å². The van der Waals surface area contributed by atoms with Crippen LogP contribution in [0.2, 0.25) is 0 Å². The average Bonchev–Trinajstić information content (AvgIpc) is 2.61. The molecule has 0 bridgehead atoms. The molecule has 1 N–H and O–H groups in total. The molecule has 2 aliphatic heterocycles. The average molecular weight is 319 g/mol. The molecule has 2 fully saturated rings. The van der Waals surface area contributed by atoms with E-state index in [1.807, 2.05) is 16.7 Å². The topological polar surface area (TPSA) is 35.6 Å². The number of hydrogen-bond acceptors (Lipinski definition) is 4. The van der Waals surface area contributed by atoms with Crippen molar-refractivity contribution in [1.82, 2.24) is 15.1 Å². The van der Waals surface area contributed by atoms with Crippen LogP contribution in [-0.4, -0.2) is 66.5 Å². The Morgan fingerprint density at radius 3 is 2.73 bits per heavy atom. The number of carbonyl (C=O) groups is 1. The summed E-state index contributed by atoms with van der Waals surface area (Å²) in [4.78, 5) is 16.8. The largest absolute Gasteiger partial charge is 0.340 e. The molecule has 2 aliphatic rings. The predicted molar refractivity (Wildman–Crippen MR) is 92.1 cm³/mol. The van der Waals surface area contributed by atoms with Gasteiger partial charge in [0, 0.05) is 63.2 Å². The van der Waals surface area contributed by atoms with E-state index in [1.165, 1.54) is 11.3 Å². The second kappa shape index (κ2) is 7.99. The molecule has 5 heteroatoms. The van der Waals surface area contributed by atoms with Crippen LogP contribution >= 0.6 is 11.8 Å². The molecular weight excluding hydrogens is 294 g/mol. The van der Waals surface area contributed by atoms with Crippen LogP contribution in [0.15, 0.2) is 30.3 Å². The van der Waals surface area contributed by atoms with Crippen molar-refractivity contribution in [2.24, 2.45) is 0 Å². The molecule has 0 saturated carbocycles. The Morgan fingerprint density at radius 1 is 1.18 bits per heavy atom. The van der Waals surface area contributed by atoms with E-state index >= 15 is 0 Å². The first-order chi connectivity index (χ1) is 10.8. The lowest BCUT2D eigenvalue weighted by atomic mass is 10.1. The summed E-state index contributed by atoms with van der Waals surface area (Å²) in [5, 5.41) is 3.30. The number of nitrogens with zero attached hydrogens (tertiary/aromatic N) is 2. The number of rotatable bonds is 4. The Labute approximate surface area is 137 Å². The molecule has 120 valence electrons. The summed E-state index contributed by atoms with van der Waals surface area (Å²) in [6.45, 7) is 5.53. The number of amides is 1. The van der Waals surface area contributed by atoms with Crippen molar-refractivity contribution in [1.29, 1.82) is 0 Å². The fraction of sp³-hybridized carbons (Fsp3) is 0.588. The van der Waals surface area contributed by atoms with Crippen molar-refractivity contribution < 1.29 is 4.79 Å². The Balaban J connectivity index is 1.56. The van der Waals surface area contributed by atoms with Crippen LogP contribution in [0.1, 0.15) is 18.0 Å². The van der Waals surface area contributed by atoms with E-state index in [4.69, 9.17) is 0 Å². The zero-order chi connectivity index (χ0) is 15.2. The summed E-state index contributed by atoms with van der Waals surface area (Å²) in [6, 6.07) is 11.2. The van der Waals surface area contributed by atoms with E-state index in [-0.39, 0.29) is 0 Å². The van der Waals surface area contributed by atoms with Crippen LogP contribution in [0.5, 0.6) is 0 Å². The number of carbonyl (C=O) groups excluding carboxylic acids is 1. The molecule has 4 nitrogen and oxygen atoms in total. The zero-order valence-electron chi connectivity index (χ0n) is 13.0. The maximum absolute atomic E-state index is 12.4. The maximum atomic E-state index is 12.4. The van der Waals surface area contributed by atoms with Gasteiger partial charge in [-0.3, -0.25) is 9.69 Å². The molecule has 1 amide bonds. The predicted octanol–water partition coefficient (Wildman–Crippen LogP) is 1.60. The molecule has 1 aromatic rings. The zero-order valence-corrected chi connectivity index (χ0v) is 13.9. The van der Waals surface area contributed by atoms with Crippen LogP contribution in [0.4, 0.5) is 0 Å². The first kappa shape index (κ1) is 15.8. The van der Waals surface area contributed by atoms with Gasteiger partial charge in [0.15, 0.2) is 0 Å². The molecule has 0 aliphatic carbocycles. The van der Waals surface area contributed by atoms with Crippen LogP contribution in [-0.2, 0) is 4.79 Å². The molecule has 1 unspecified atom stereocenters.